The summed E-state index contributed by atoms with van der Waals surface area (Å²) in [7, 11) is 0. The van der Waals surface area contributed by atoms with Gasteiger partial charge in [0.1, 0.15) is 0 Å². The maximum absolute atomic E-state index is 6.25. The van der Waals surface area contributed by atoms with Gasteiger partial charge in [0.25, 0.3) is 0 Å². The van der Waals surface area contributed by atoms with Crippen LogP contribution in [0.4, 0.5) is 0 Å². The fourth-order valence-corrected chi connectivity index (χ4v) is 5.85. The van der Waals surface area contributed by atoms with Crippen molar-refractivity contribution >= 4 is 33.6 Å². The van der Waals surface area contributed by atoms with E-state index in [0.29, 0.717) is 0 Å². The first-order valence-corrected chi connectivity index (χ1v) is 15.7. The number of rotatable bonds is 1. The van der Waals surface area contributed by atoms with Crippen molar-refractivity contribution in [2.75, 3.05) is 0 Å². The second-order valence-electron chi connectivity index (χ2n) is 5.33. The molecule has 0 saturated heterocycles. The van der Waals surface area contributed by atoms with Gasteiger partial charge in [-0.25, -0.2) is 0 Å². The van der Waals surface area contributed by atoms with E-state index in [1.54, 1.807) is 0 Å². The molecule has 2 rings (SSSR count). The first kappa shape index (κ1) is 11.6. The van der Waals surface area contributed by atoms with Gasteiger partial charge in [0.15, 0.2) is 0 Å². The summed E-state index contributed by atoms with van der Waals surface area (Å²) in [5.41, 5.74) is 1.30. The van der Waals surface area contributed by atoms with Crippen molar-refractivity contribution in [3.8, 4) is 5.75 Å². The van der Waals surface area contributed by atoms with Crippen molar-refractivity contribution < 1.29 is 4.74 Å². The number of fused-ring (bicyclic) bond motifs is 1. The molecule has 1 aliphatic heterocycles. The monoisotopic (exact) mass is 332 g/mol. The summed E-state index contributed by atoms with van der Waals surface area (Å²) in [5, 5.41) is 0.804. The van der Waals surface area contributed by atoms with Gasteiger partial charge in [-0.05, 0) is 0 Å². The van der Waals surface area contributed by atoms with Crippen LogP contribution in [0.25, 0.3) is 0 Å². The van der Waals surface area contributed by atoms with Crippen LogP contribution in [0.15, 0.2) is 12.1 Å². The number of hydrogen-bond donors (Lipinski definition) is 0. The predicted molar refractivity (Wildman–Crippen MR) is 68.2 cm³/mol. The first-order valence-electron chi connectivity index (χ1n) is 5.37. The fourth-order valence-electron chi connectivity index (χ4n) is 1.92. The normalized spacial score (nSPS) is 19.9. The van der Waals surface area contributed by atoms with Crippen molar-refractivity contribution in [3.63, 3.8) is 0 Å². The molecule has 3 heteroatoms. The molecule has 0 radical (unpaired) electrons. The van der Waals surface area contributed by atoms with Gasteiger partial charge in [-0.2, -0.15) is 0 Å². The Bertz CT molecular complexity index is 395. The van der Waals surface area contributed by atoms with Gasteiger partial charge in [0, 0.05) is 0 Å². The maximum atomic E-state index is 6.25. The van der Waals surface area contributed by atoms with Gasteiger partial charge < -0.3 is 0 Å². The Kier molecular flexibility index (Phi) is 2.97. The standard InChI is InChI=1S/C9H8ClO.3CH3.Sn/c1-6-5-7-3-2-4-8(10)9(7)11-6;;;;/h3-4,6H,5H2,1H3;3*1H3;. The zero-order chi connectivity index (χ0) is 11.2. The number of hydrogen-bond acceptors (Lipinski definition) is 1. The molecule has 1 heterocycles. The molecule has 0 amide bonds. The summed E-state index contributed by atoms with van der Waals surface area (Å²) >= 11 is 4.26. The summed E-state index contributed by atoms with van der Waals surface area (Å²) in [5.74, 6) is 0.920. The van der Waals surface area contributed by atoms with Crippen molar-refractivity contribution in [1.29, 1.82) is 0 Å². The molecule has 82 valence electrons. The molecular weight excluding hydrogens is 314 g/mol. The zero-order valence-corrected chi connectivity index (χ0v) is 13.3. The summed E-state index contributed by atoms with van der Waals surface area (Å²) in [6, 6.07) is 4.44. The molecule has 0 bridgehead atoms. The number of benzene rings is 1. The van der Waals surface area contributed by atoms with Crippen LogP contribution >= 0.6 is 11.6 Å². The molecule has 1 aromatic carbocycles. The molecule has 0 aliphatic carbocycles. The van der Waals surface area contributed by atoms with E-state index in [0.717, 1.165) is 17.2 Å². The zero-order valence-electron chi connectivity index (χ0n) is 9.73. The minimum absolute atomic E-state index is 0.280. The van der Waals surface area contributed by atoms with Crippen molar-refractivity contribution in [2.45, 2.75) is 34.3 Å². The molecule has 1 nitrogen and oxygen atoms in total. The van der Waals surface area contributed by atoms with E-state index >= 15 is 0 Å². The minimum atomic E-state index is -1.99. The Morgan fingerprint density at radius 1 is 1.33 bits per heavy atom. The molecule has 0 N–H and O–H groups in total. The van der Waals surface area contributed by atoms with E-state index in [1.165, 1.54) is 9.14 Å². The topological polar surface area (TPSA) is 9.23 Å². The van der Waals surface area contributed by atoms with Gasteiger partial charge >= 0.3 is 101 Å². The van der Waals surface area contributed by atoms with E-state index < -0.39 is 18.4 Å². The summed E-state index contributed by atoms with van der Waals surface area (Å²) in [6.07, 6.45) is 1.29. The number of halogens is 1. The first-order chi connectivity index (χ1) is 6.88. The third-order valence-corrected chi connectivity index (χ3v) is 8.86. The van der Waals surface area contributed by atoms with E-state index in [4.69, 9.17) is 16.3 Å². The second-order valence-corrected chi connectivity index (χ2v) is 20.2. The molecule has 0 saturated carbocycles. The van der Waals surface area contributed by atoms with E-state index in [1.807, 2.05) is 0 Å². The van der Waals surface area contributed by atoms with Crippen LogP contribution in [-0.4, -0.2) is 24.5 Å². The molecule has 0 spiro atoms. The average Bonchev–Trinajstić information content (AvgIpc) is 2.44. The molecule has 0 aromatic heterocycles. The van der Waals surface area contributed by atoms with Crippen LogP contribution in [-0.2, 0) is 6.42 Å². The summed E-state index contributed by atoms with van der Waals surface area (Å²) in [6.45, 7) is 2.09. The Labute approximate surface area is 101 Å². The molecule has 15 heavy (non-hydrogen) atoms. The van der Waals surface area contributed by atoms with Crippen LogP contribution < -0.4 is 8.32 Å². The Hall–Kier alpha value is 0.109. The quantitative estimate of drug-likeness (QED) is 0.718. The van der Waals surface area contributed by atoms with Crippen molar-refractivity contribution in [3.05, 3.63) is 22.7 Å². The van der Waals surface area contributed by atoms with Gasteiger partial charge in [0.2, 0.25) is 0 Å². The Morgan fingerprint density at radius 3 is 2.60 bits per heavy atom. The van der Waals surface area contributed by atoms with Gasteiger partial charge in [-0.15, -0.1) is 0 Å². The number of ether oxygens (including phenoxy) is 1. The molecule has 0 fully saturated rings. The molecule has 1 aromatic rings. The van der Waals surface area contributed by atoms with Crippen LogP contribution in [0.2, 0.25) is 19.8 Å². The van der Waals surface area contributed by atoms with Gasteiger partial charge in [0.05, 0.1) is 0 Å². The van der Waals surface area contributed by atoms with Gasteiger partial charge in [-0.1, -0.05) is 0 Å². The molecule has 1 unspecified atom stereocenters. The average molecular weight is 331 g/mol. The van der Waals surface area contributed by atoms with E-state index in [2.05, 4.69) is 33.9 Å². The van der Waals surface area contributed by atoms with E-state index in [9.17, 15) is 0 Å². The Morgan fingerprint density at radius 2 is 2.00 bits per heavy atom. The second kappa shape index (κ2) is 3.85. The SMILES string of the molecule is CC1Cc2c[c]([Sn]([CH3])([CH3])[CH3])cc(Cl)c2O1. The summed E-state index contributed by atoms with van der Waals surface area (Å²) in [4.78, 5) is 7.23. The third kappa shape index (κ3) is 2.28. The Balaban J connectivity index is 2.49. The third-order valence-electron chi connectivity index (χ3n) is 2.81. The fraction of sp³-hybridized carbons (Fsp3) is 0.500. The van der Waals surface area contributed by atoms with Gasteiger partial charge in [-0.3, -0.25) is 0 Å². The van der Waals surface area contributed by atoms with Crippen molar-refractivity contribution in [1.82, 2.24) is 0 Å². The van der Waals surface area contributed by atoms with Crippen molar-refractivity contribution in [2.24, 2.45) is 0 Å². The van der Waals surface area contributed by atoms with Crippen LogP contribution in [0.5, 0.6) is 5.75 Å². The summed E-state index contributed by atoms with van der Waals surface area (Å²) < 4.78 is 7.19. The molecule has 1 aliphatic rings. The van der Waals surface area contributed by atoms with Crippen LogP contribution in [0.1, 0.15) is 12.5 Å². The van der Waals surface area contributed by atoms with E-state index in [-0.39, 0.29) is 6.10 Å². The molecule has 1 atom stereocenters. The van der Waals surface area contributed by atoms with Crippen LogP contribution in [0.3, 0.4) is 0 Å². The van der Waals surface area contributed by atoms with Crippen LogP contribution in [0, 0.1) is 0 Å². The molecular formula is C12H17ClOSn. The predicted octanol–water partition coefficient (Wildman–Crippen LogP) is 3.21.